The monoisotopic (exact) mass is 399 g/mol. The second kappa shape index (κ2) is 8.09. The fraction of sp³-hybridized carbons (Fsp3) is 0.167. The number of rotatable bonds is 7. The third kappa shape index (κ3) is 4.46. The van der Waals surface area contributed by atoms with Crippen molar-refractivity contribution in [3.8, 4) is 22.5 Å². The van der Waals surface area contributed by atoms with E-state index in [1.165, 1.54) is 12.1 Å². The van der Waals surface area contributed by atoms with E-state index in [4.69, 9.17) is 5.11 Å². The van der Waals surface area contributed by atoms with Gasteiger partial charge in [-0.25, -0.2) is 0 Å². The summed E-state index contributed by atoms with van der Waals surface area (Å²) >= 11 is 0.992. The van der Waals surface area contributed by atoms with Gasteiger partial charge in [0.05, 0.1) is 10.7 Å². The largest absolute Gasteiger partial charge is 0.481 e. The van der Waals surface area contributed by atoms with Crippen LogP contribution >= 0.6 is 11.8 Å². The minimum atomic E-state index is -0.971. The minimum absolute atomic E-state index is 0.0691. The zero-order valence-corrected chi connectivity index (χ0v) is 15.9. The van der Waals surface area contributed by atoms with E-state index in [1.54, 1.807) is 6.07 Å². The summed E-state index contributed by atoms with van der Waals surface area (Å²) in [6.07, 6.45) is 0. The molecule has 1 aromatic heterocycles. The molecule has 0 bridgehead atoms. The molecule has 0 atom stereocenters. The molecule has 0 saturated heterocycles. The molecule has 0 spiro atoms. The Morgan fingerprint density at radius 2 is 1.82 bits per heavy atom. The van der Waals surface area contributed by atoms with Gasteiger partial charge < -0.3 is 15.0 Å². The van der Waals surface area contributed by atoms with Crippen molar-refractivity contribution in [1.82, 2.24) is 15.2 Å². The van der Waals surface area contributed by atoms with E-state index < -0.39 is 10.9 Å². The summed E-state index contributed by atoms with van der Waals surface area (Å²) in [5.74, 6) is -0.794. The molecule has 10 heteroatoms. The summed E-state index contributed by atoms with van der Waals surface area (Å²) in [5.41, 5.74) is 2.95. The smallest absolute Gasteiger partial charge is 0.313 e. The van der Waals surface area contributed by atoms with Crippen LogP contribution in [0.25, 0.3) is 22.5 Å². The molecule has 2 aromatic carbocycles. The lowest BCUT2D eigenvalue weighted by molar-refractivity contribution is -0.384. The number of carbonyl (C=O) groups is 1. The SMILES string of the molecule is CN(C)c1ccc(-c2cc(-c3nnc(SCC(=O)O)[nH]3)cc([N+](=O)[O-])c2)cc1. The Morgan fingerprint density at radius 1 is 1.14 bits per heavy atom. The number of anilines is 1. The van der Waals surface area contributed by atoms with Crippen LogP contribution in [-0.2, 0) is 4.79 Å². The third-order valence-electron chi connectivity index (χ3n) is 3.92. The van der Waals surface area contributed by atoms with Crippen LogP contribution in [0.2, 0.25) is 0 Å². The zero-order valence-electron chi connectivity index (χ0n) is 15.1. The van der Waals surface area contributed by atoms with Crippen LogP contribution in [0.15, 0.2) is 47.6 Å². The van der Waals surface area contributed by atoms with Crippen molar-refractivity contribution >= 4 is 29.1 Å². The fourth-order valence-corrected chi connectivity index (χ4v) is 3.07. The van der Waals surface area contributed by atoms with Crippen LogP contribution in [0, 0.1) is 10.1 Å². The van der Waals surface area contributed by atoms with E-state index in [0.29, 0.717) is 22.1 Å². The second-order valence-corrected chi connectivity index (χ2v) is 7.09. The van der Waals surface area contributed by atoms with Gasteiger partial charge in [-0.3, -0.25) is 14.9 Å². The van der Waals surface area contributed by atoms with Gasteiger partial charge in [0.1, 0.15) is 0 Å². The predicted octanol–water partition coefficient (Wildman–Crippen LogP) is 3.29. The summed E-state index contributed by atoms with van der Waals surface area (Å²) in [6.45, 7) is 0. The lowest BCUT2D eigenvalue weighted by Crippen LogP contribution is -2.07. The maximum atomic E-state index is 11.4. The average Bonchev–Trinajstić information content (AvgIpc) is 3.15. The number of aliphatic carboxylic acids is 1. The van der Waals surface area contributed by atoms with Crippen LogP contribution < -0.4 is 4.90 Å². The lowest BCUT2D eigenvalue weighted by atomic mass is 10.0. The van der Waals surface area contributed by atoms with Crippen molar-refractivity contribution in [2.75, 3.05) is 24.7 Å². The van der Waals surface area contributed by atoms with E-state index in [0.717, 1.165) is 23.0 Å². The van der Waals surface area contributed by atoms with Crippen LogP contribution in [0.1, 0.15) is 0 Å². The average molecular weight is 399 g/mol. The van der Waals surface area contributed by atoms with Crippen molar-refractivity contribution in [3.05, 3.63) is 52.6 Å². The van der Waals surface area contributed by atoms with E-state index in [-0.39, 0.29) is 11.4 Å². The number of nitro groups is 1. The predicted molar refractivity (Wildman–Crippen MR) is 107 cm³/mol. The molecule has 0 amide bonds. The molecule has 0 aliphatic heterocycles. The van der Waals surface area contributed by atoms with Gasteiger partial charge in [-0.1, -0.05) is 23.9 Å². The van der Waals surface area contributed by atoms with Crippen molar-refractivity contribution < 1.29 is 14.8 Å². The molecule has 2 N–H and O–H groups in total. The maximum absolute atomic E-state index is 11.4. The first kappa shape index (κ1) is 19.4. The highest BCUT2D eigenvalue weighted by Gasteiger charge is 2.15. The number of aromatic nitrogens is 3. The first-order valence-corrected chi connectivity index (χ1v) is 9.17. The number of carboxylic acids is 1. The van der Waals surface area contributed by atoms with Gasteiger partial charge in [0.15, 0.2) is 11.0 Å². The fourth-order valence-electron chi connectivity index (χ4n) is 2.54. The molecule has 3 aromatic rings. The van der Waals surface area contributed by atoms with E-state index in [2.05, 4.69) is 15.2 Å². The number of aromatic amines is 1. The number of thioether (sulfide) groups is 1. The van der Waals surface area contributed by atoms with Gasteiger partial charge >= 0.3 is 5.97 Å². The number of non-ortho nitro benzene ring substituents is 1. The Hall–Kier alpha value is -3.40. The Morgan fingerprint density at radius 3 is 2.43 bits per heavy atom. The molecule has 0 unspecified atom stereocenters. The van der Waals surface area contributed by atoms with Gasteiger partial charge in [0.2, 0.25) is 0 Å². The summed E-state index contributed by atoms with van der Waals surface area (Å²) in [4.78, 5) is 26.5. The third-order valence-corrected chi connectivity index (χ3v) is 4.77. The zero-order chi connectivity index (χ0) is 20.3. The van der Waals surface area contributed by atoms with Gasteiger partial charge in [0, 0.05) is 37.5 Å². The molecule has 0 radical (unpaired) electrons. The number of carboxylic acid groups (broad SMARTS) is 1. The molecule has 144 valence electrons. The topological polar surface area (TPSA) is 125 Å². The Labute approximate surface area is 164 Å². The normalized spacial score (nSPS) is 10.6. The van der Waals surface area contributed by atoms with Crippen LogP contribution in [0.4, 0.5) is 11.4 Å². The Kier molecular flexibility index (Phi) is 5.59. The van der Waals surface area contributed by atoms with E-state index >= 15 is 0 Å². The van der Waals surface area contributed by atoms with E-state index in [1.807, 2.05) is 43.3 Å². The van der Waals surface area contributed by atoms with E-state index in [9.17, 15) is 14.9 Å². The molecule has 1 heterocycles. The van der Waals surface area contributed by atoms with Crippen molar-refractivity contribution in [1.29, 1.82) is 0 Å². The van der Waals surface area contributed by atoms with Gasteiger partial charge in [-0.05, 0) is 29.3 Å². The van der Waals surface area contributed by atoms with Gasteiger partial charge in [-0.15, -0.1) is 10.2 Å². The molecular weight excluding hydrogens is 382 g/mol. The van der Waals surface area contributed by atoms with Gasteiger partial charge in [-0.2, -0.15) is 0 Å². The quantitative estimate of drug-likeness (QED) is 0.352. The molecule has 0 fully saturated rings. The Balaban J connectivity index is 1.98. The molecule has 3 rings (SSSR count). The Bertz CT molecular complexity index is 1020. The van der Waals surface area contributed by atoms with Crippen molar-refractivity contribution in [2.45, 2.75) is 5.16 Å². The number of nitro benzene ring substituents is 1. The number of nitrogens with one attached hydrogen (secondary N) is 1. The lowest BCUT2D eigenvalue weighted by Gasteiger charge is -2.13. The van der Waals surface area contributed by atoms with Gasteiger partial charge in [0.25, 0.3) is 5.69 Å². The molecule has 0 saturated carbocycles. The molecule has 0 aliphatic carbocycles. The summed E-state index contributed by atoms with van der Waals surface area (Å²) in [5, 5.41) is 28.3. The number of hydrogen-bond acceptors (Lipinski definition) is 7. The summed E-state index contributed by atoms with van der Waals surface area (Å²) < 4.78 is 0. The maximum Gasteiger partial charge on any atom is 0.313 e. The van der Waals surface area contributed by atoms with Crippen LogP contribution in [0.5, 0.6) is 0 Å². The molecule has 28 heavy (non-hydrogen) atoms. The summed E-state index contributed by atoms with van der Waals surface area (Å²) in [7, 11) is 3.87. The number of nitrogens with zero attached hydrogens (tertiary/aromatic N) is 4. The minimum Gasteiger partial charge on any atom is -0.481 e. The number of hydrogen-bond donors (Lipinski definition) is 2. The highest BCUT2D eigenvalue weighted by atomic mass is 32.2. The molecular formula is C18H17N5O4S. The first-order chi connectivity index (χ1) is 13.3. The highest BCUT2D eigenvalue weighted by Crippen LogP contribution is 2.31. The van der Waals surface area contributed by atoms with Crippen molar-refractivity contribution in [2.24, 2.45) is 0 Å². The molecule has 0 aliphatic rings. The first-order valence-electron chi connectivity index (χ1n) is 8.18. The number of benzene rings is 2. The van der Waals surface area contributed by atoms with Crippen molar-refractivity contribution in [3.63, 3.8) is 0 Å². The summed E-state index contributed by atoms with van der Waals surface area (Å²) in [6, 6.07) is 12.4. The van der Waals surface area contributed by atoms with Crippen LogP contribution in [-0.4, -0.2) is 51.0 Å². The second-order valence-electron chi connectivity index (χ2n) is 6.13. The highest BCUT2D eigenvalue weighted by molar-refractivity contribution is 7.99. The molecule has 9 nitrogen and oxygen atoms in total. The standard InChI is InChI=1S/C18H17N5O4S/c1-22(2)14-5-3-11(4-6-14)12-7-13(9-15(8-12)23(26)27)17-19-18(21-20-17)28-10-16(24)25/h3-9H,10H2,1-2H3,(H,24,25)(H,19,20,21). The number of H-pyrrole nitrogens is 1. The van der Waals surface area contributed by atoms with Crippen LogP contribution in [0.3, 0.4) is 0 Å².